The standard InChI is InChI=1S/C20H21ClN2O3/c1-6-26-20(24)16-10-12(3)23-19(16)17(21)13(4)18(22-23)15-8-7-14(25-5)9-11(15)2/h7-10H,6H2,1-5H3. The first kappa shape index (κ1) is 18.3. The van der Waals surface area contributed by atoms with Crippen LogP contribution < -0.4 is 4.74 Å². The Balaban J connectivity index is 2.26. The smallest absolute Gasteiger partial charge is 0.340 e. The average Bonchev–Trinajstić information content (AvgIpc) is 2.95. The Kier molecular flexibility index (Phi) is 4.92. The molecular weight excluding hydrogens is 352 g/mol. The third kappa shape index (κ3) is 2.92. The molecular formula is C20H21ClN2O3. The van der Waals surface area contributed by atoms with Gasteiger partial charge in [-0.25, -0.2) is 9.31 Å². The molecule has 0 atom stereocenters. The molecule has 2 heterocycles. The number of fused-ring (bicyclic) bond motifs is 1. The van der Waals surface area contributed by atoms with Crippen molar-refractivity contribution in [3.05, 3.63) is 51.7 Å². The van der Waals surface area contributed by atoms with Crippen LogP contribution in [0.4, 0.5) is 0 Å². The molecule has 0 amide bonds. The fourth-order valence-electron chi connectivity index (χ4n) is 3.07. The second-order valence-electron chi connectivity index (χ2n) is 6.15. The molecule has 0 fully saturated rings. The number of rotatable bonds is 4. The molecule has 6 heteroatoms. The van der Waals surface area contributed by atoms with Crippen molar-refractivity contribution in [2.75, 3.05) is 13.7 Å². The summed E-state index contributed by atoms with van der Waals surface area (Å²) in [7, 11) is 1.64. The predicted octanol–water partition coefficient (Wildman–Crippen LogP) is 4.77. The first-order valence-corrected chi connectivity index (χ1v) is 8.77. The predicted molar refractivity (Wildman–Crippen MR) is 102 cm³/mol. The Labute approximate surface area is 157 Å². The van der Waals surface area contributed by atoms with Crippen LogP contribution in [0.1, 0.15) is 34.1 Å². The van der Waals surface area contributed by atoms with Crippen LogP contribution in [0.25, 0.3) is 16.8 Å². The first-order chi connectivity index (χ1) is 12.4. The van der Waals surface area contributed by atoms with Crippen molar-refractivity contribution in [2.24, 2.45) is 0 Å². The van der Waals surface area contributed by atoms with Gasteiger partial charge in [0.1, 0.15) is 5.75 Å². The zero-order chi connectivity index (χ0) is 19.0. The molecule has 0 saturated heterocycles. The fraction of sp³-hybridized carbons (Fsp3) is 0.300. The summed E-state index contributed by atoms with van der Waals surface area (Å²) in [6, 6.07) is 7.59. The maximum absolute atomic E-state index is 12.3. The van der Waals surface area contributed by atoms with Crippen molar-refractivity contribution < 1.29 is 14.3 Å². The molecule has 3 aromatic rings. The number of esters is 1. The molecule has 0 radical (unpaired) electrons. The van der Waals surface area contributed by atoms with Crippen molar-refractivity contribution in [3.63, 3.8) is 0 Å². The molecule has 26 heavy (non-hydrogen) atoms. The number of benzene rings is 1. The van der Waals surface area contributed by atoms with E-state index in [9.17, 15) is 4.79 Å². The highest BCUT2D eigenvalue weighted by Crippen LogP contribution is 2.35. The third-order valence-electron chi connectivity index (χ3n) is 4.43. The van der Waals surface area contributed by atoms with Crippen LogP contribution in [-0.4, -0.2) is 29.3 Å². The Hall–Kier alpha value is -2.53. The van der Waals surface area contributed by atoms with E-state index in [0.29, 0.717) is 22.7 Å². The maximum Gasteiger partial charge on any atom is 0.340 e. The van der Waals surface area contributed by atoms with Gasteiger partial charge < -0.3 is 9.47 Å². The van der Waals surface area contributed by atoms with Crippen LogP contribution >= 0.6 is 11.6 Å². The maximum atomic E-state index is 12.3. The van der Waals surface area contributed by atoms with Gasteiger partial charge in [0.25, 0.3) is 0 Å². The number of nitrogens with zero attached hydrogens (tertiary/aromatic N) is 2. The van der Waals surface area contributed by atoms with Crippen molar-refractivity contribution in [1.82, 2.24) is 9.61 Å². The monoisotopic (exact) mass is 372 g/mol. The van der Waals surface area contributed by atoms with E-state index in [2.05, 4.69) is 0 Å². The molecule has 0 aliphatic rings. The van der Waals surface area contributed by atoms with Gasteiger partial charge in [-0.15, -0.1) is 0 Å². The zero-order valence-corrected chi connectivity index (χ0v) is 16.3. The van der Waals surface area contributed by atoms with E-state index < -0.39 is 5.97 Å². The molecule has 0 aliphatic heterocycles. The number of methoxy groups -OCH3 is 1. The minimum atomic E-state index is -0.394. The van der Waals surface area contributed by atoms with E-state index in [1.807, 2.05) is 39.0 Å². The number of halogens is 1. The molecule has 0 spiro atoms. The van der Waals surface area contributed by atoms with Crippen LogP contribution in [0.15, 0.2) is 24.3 Å². The molecule has 136 valence electrons. The van der Waals surface area contributed by atoms with Gasteiger partial charge in [-0.3, -0.25) is 0 Å². The summed E-state index contributed by atoms with van der Waals surface area (Å²) in [6.07, 6.45) is 0. The SMILES string of the molecule is CCOC(=O)c1cc(C)n2nc(-c3ccc(OC)cc3C)c(C)c(Cl)c12. The van der Waals surface area contributed by atoms with Gasteiger partial charge in [0.2, 0.25) is 0 Å². The molecule has 0 aliphatic carbocycles. The molecule has 2 aromatic heterocycles. The van der Waals surface area contributed by atoms with Gasteiger partial charge in [0.15, 0.2) is 0 Å². The Bertz CT molecular complexity index is 1010. The highest BCUT2D eigenvalue weighted by atomic mass is 35.5. The van der Waals surface area contributed by atoms with Gasteiger partial charge in [0, 0.05) is 11.3 Å². The van der Waals surface area contributed by atoms with Gasteiger partial charge in [-0.1, -0.05) is 11.6 Å². The van der Waals surface area contributed by atoms with E-state index >= 15 is 0 Å². The summed E-state index contributed by atoms with van der Waals surface area (Å²) in [5.74, 6) is 0.396. The molecule has 5 nitrogen and oxygen atoms in total. The topological polar surface area (TPSA) is 52.8 Å². The summed E-state index contributed by atoms with van der Waals surface area (Å²) in [4.78, 5) is 12.3. The number of ether oxygens (including phenoxy) is 2. The third-order valence-corrected chi connectivity index (χ3v) is 4.89. The number of aryl methyl sites for hydroxylation is 2. The Morgan fingerprint density at radius 2 is 1.96 bits per heavy atom. The number of hydrogen-bond acceptors (Lipinski definition) is 4. The van der Waals surface area contributed by atoms with Crippen molar-refractivity contribution >= 4 is 23.1 Å². The van der Waals surface area contributed by atoms with Gasteiger partial charge in [-0.2, -0.15) is 5.10 Å². The normalized spacial score (nSPS) is 11.0. The lowest BCUT2D eigenvalue weighted by atomic mass is 10.0. The van der Waals surface area contributed by atoms with Gasteiger partial charge >= 0.3 is 5.97 Å². The van der Waals surface area contributed by atoms with E-state index in [-0.39, 0.29) is 0 Å². The minimum Gasteiger partial charge on any atom is -0.497 e. The second-order valence-corrected chi connectivity index (χ2v) is 6.53. The second kappa shape index (κ2) is 7.00. The highest BCUT2D eigenvalue weighted by molar-refractivity contribution is 6.36. The summed E-state index contributed by atoms with van der Waals surface area (Å²) in [5.41, 5.74) is 5.42. The number of carbonyl (C=O) groups is 1. The zero-order valence-electron chi connectivity index (χ0n) is 15.5. The van der Waals surface area contributed by atoms with E-state index in [1.165, 1.54) is 0 Å². The van der Waals surface area contributed by atoms with Gasteiger partial charge in [-0.05, 0) is 63.1 Å². The summed E-state index contributed by atoms with van der Waals surface area (Å²) in [6.45, 7) is 7.88. The average molecular weight is 373 g/mol. The summed E-state index contributed by atoms with van der Waals surface area (Å²) in [5, 5.41) is 5.27. The summed E-state index contributed by atoms with van der Waals surface area (Å²) < 4.78 is 12.1. The van der Waals surface area contributed by atoms with Crippen molar-refractivity contribution in [1.29, 1.82) is 0 Å². The molecule has 0 unspecified atom stereocenters. The highest BCUT2D eigenvalue weighted by Gasteiger charge is 2.22. The number of carbonyl (C=O) groups excluding carboxylic acids is 1. The largest absolute Gasteiger partial charge is 0.497 e. The summed E-state index contributed by atoms with van der Waals surface area (Å²) >= 11 is 6.66. The molecule has 0 saturated carbocycles. The molecule has 0 bridgehead atoms. The van der Waals surface area contributed by atoms with Crippen LogP contribution in [0.3, 0.4) is 0 Å². The van der Waals surface area contributed by atoms with Crippen molar-refractivity contribution in [2.45, 2.75) is 27.7 Å². The number of hydrogen-bond donors (Lipinski definition) is 0. The Morgan fingerprint density at radius 1 is 1.23 bits per heavy atom. The minimum absolute atomic E-state index is 0.308. The molecule has 3 rings (SSSR count). The van der Waals surface area contributed by atoms with Crippen LogP contribution in [0.2, 0.25) is 5.02 Å². The van der Waals surface area contributed by atoms with E-state index in [0.717, 1.165) is 33.8 Å². The van der Waals surface area contributed by atoms with E-state index in [1.54, 1.807) is 24.6 Å². The molecule has 0 N–H and O–H groups in total. The van der Waals surface area contributed by atoms with Gasteiger partial charge in [0.05, 0.1) is 35.5 Å². The Morgan fingerprint density at radius 3 is 2.58 bits per heavy atom. The first-order valence-electron chi connectivity index (χ1n) is 8.39. The quantitative estimate of drug-likeness (QED) is 0.619. The van der Waals surface area contributed by atoms with Crippen LogP contribution in [0.5, 0.6) is 5.75 Å². The lowest BCUT2D eigenvalue weighted by Gasteiger charge is -2.13. The lowest BCUT2D eigenvalue weighted by molar-refractivity contribution is 0.0528. The molecule has 1 aromatic carbocycles. The van der Waals surface area contributed by atoms with Crippen molar-refractivity contribution in [3.8, 4) is 17.0 Å². The van der Waals surface area contributed by atoms with E-state index in [4.69, 9.17) is 26.2 Å². The lowest BCUT2D eigenvalue weighted by Crippen LogP contribution is -2.06. The van der Waals surface area contributed by atoms with Crippen LogP contribution in [0, 0.1) is 20.8 Å². The fourth-order valence-corrected chi connectivity index (χ4v) is 3.35. The number of aromatic nitrogens is 2. The van der Waals surface area contributed by atoms with Crippen LogP contribution in [-0.2, 0) is 4.74 Å².